The van der Waals surface area contributed by atoms with Gasteiger partial charge in [-0.05, 0) is 11.1 Å². The fraction of sp³-hybridized carbons (Fsp3) is 0.190. The molecule has 0 aliphatic heterocycles. The second-order valence-corrected chi connectivity index (χ2v) is 6.88. The fourth-order valence-electron chi connectivity index (χ4n) is 2.82. The molecule has 2 aromatic carbocycles. The third kappa shape index (κ3) is 5.24. The Labute approximate surface area is 162 Å². The highest BCUT2D eigenvalue weighted by molar-refractivity contribution is 7.13. The van der Waals surface area contributed by atoms with Crippen molar-refractivity contribution in [3.05, 3.63) is 82.9 Å². The number of carbonyl (C=O) groups is 2. The number of rotatable bonds is 7. The average Bonchev–Trinajstić information content (AvgIpc) is 3.14. The molecule has 0 bridgehead atoms. The first-order chi connectivity index (χ1) is 13.2. The molecule has 138 valence electrons. The minimum atomic E-state index is -0.355. The zero-order valence-electron chi connectivity index (χ0n) is 14.9. The van der Waals surface area contributed by atoms with Crippen molar-refractivity contribution >= 4 is 28.3 Å². The number of methoxy groups -OCH3 is 1. The van der Waals surface area contributed by atoms with Gasteiger partial charge in [0.2, 0.25) is 5.91 Å². The Kier molecular flexibility index (Phi) is 6.33. The Balaban J connectivity index is 1.71. The Morgan fingerprint density at radius 3 is 2.19 bits per heavy atom. The molecule has 6 heteroatoms. The zero-order valence-corrected chi connectivity index (χ0v) is 15.7. The lowest BCUT2D eigenvalue weighted by atomic mass is 9.88. The maximum atomic E-state index is 12.6. The Morgan fingerprint density at radius 2 is 1.63 bits per heavy atom. The molecule has 27 heavy (non-hydrogen) atoms. The van der Waals surface area contributed by atoms with Crippen molar-refractivity contribution in [2.24, 2.45) is 0 Å². The summed E-state index contributed by atoms with van der Waals surface area (Å²) < 4.78 is 4.63. The Morgan fingerprint density at radius 1 is 1.04 bits per heavy atom. The monoisotopic (exact) mass is 380 g/mol. The van der Waals surface area contributed by atoms with E-state index in [1.807, 2.05) is 60.7 Å². The number of aromatic nitrogens is 1. The maximum Gasteiger partial charge on any atom is 0.311 e. The van der Waals surface area contributed by atoms with Gasteiger partial charge in [0.05, 0.1) is 19.2 Å². The number of nitrogens with one attached hydrogen (secondary N) is 1. The summed E-state index contributed by atoms with van der Waals surface area (Å²) in [4.78, 5) is 28.2. The molecule has 1 aromatic heterocycles. The highest BCUT2D eigenvalue weighted by Crippen LogP contribution is 2.28. The van der Waals surface area contributed by atoms with Gasteiger partial charge < -0.3 is 10.1 Å². The number of anilines is 1. The van der Waals surface area contributed by atoms with Crippen LogP contribution in [0.25, 0.3) is 0 Å². The predicted molar refractivity (Wildman–Crippen MR) is 106 cm³/mol. The van der Waals surface area contributed by atoms with Crippen molar-refractivity contribution in [1.29, 1.82) is 0 Å². The summed E-state index contributed by atoms with van der Waals surface area (Å²) in [6, 6.07) is 19.9. The highest BCUT2D eigenvalue weighted by atomic mass is 32.1. The van der Waals surface area contributed by atoms with E-state index in [-0.39, 0.29) is 24.2 Å². The molecule has 3 rings (SSSR count). The van der Waals surface area contributed by atoms with Gasteiger partial charge in [0.25, 0.3) is 0 Å². The van der Waals surface area contributed by atoms with Crippen molar-refractivity contribution in [3.63, 3.8) is 0 Å². The topological polar surface area (TPSA) is 68.3 Å². The summed E-state index contributed by atoms with van der Waals surface area (Å²) in [5, 5.41) is 5.07. The van der Waals surface area contributed by atoms with Crippen LogP contribution >= 0.6 is 11.3 Å². The van der Waals surface area contributed by atoms with E-state index in [0.717, 1.165) is 11.1 Å². The van der Waals surface area contributed by atoms with Gasteiger partial charge in [-0.25, -0.2) is 4.98 Å². The summed E-state index contributed by atoms with van der Waals surface area (Å²) in [6.45, 7) is 0. The third-order valence-corrected chi connectivity index (χ3v) is 4.95. The minimum absolute atomic E-state index is 0.0399. The predicted octanol–water partition coefficient (Wildman–Crippen LogP) is 4.02. The van der Waals surface area contributed by atoms with Crippen LogP contribution in [-0.2, 0) is 20.7 Å². The molecule has 0 saturated heterocycles. The van der Waals surface area contributed by atoms with E-state index in [2.05, 4.69) is 15.0 Å². The molecule has 0 fully saturated rings. The van der Waals surface area contributed by atoms with Crippen LogP contribution in [0.15, 0.2) is 66.0 Å². The van der Waals surface area contributed by atoms with E-state index in [4.69, 9.17) is 0 Å². The third-order valence-electron chi connectivity index (χ3n) is 4.14. The number of thiazole rings is 1. The normalized spacial score (nSPS) is 10.6. The van der Waals surface area contributed by atoms with E-state index in [1.54, 1.807) is 5.38 Å². The second-order valence-electron chi connectivity index (χ2n) is 6.02. The van der Waals surface area contributed by atoms with Crippen LogP contribution in [-0.4, -0.2) is 24.0 Å². The van der Waals surface area contributed by atoms with Gasteiger partial charge in [-0.3, -0.25) is 9.59 Å². The van der Waals surface area contributed by atoms with Gasteiger partial charge >= 0.3 is 5.97 Å². The molecule has 0 spiro atoms. The molecule has 5 nitrogen and oxygen atoms in total. The minimum Gasteiger partial charge on any atom is -0.469 e. The highest BCUT2D eigenvalue weighted by Gasteiger charge is 2.19. The van der Waals surface area contributed by atoms with Gasteiger partial charge in [0, 0.05) is 17.7 Å². The molecular formula is C21H20N2O3S. The van der Waals surface area contributed by atoms with E-state index >= 15 is 0 Å². The molecule has 0 atom stereocenters. The Bertz CT molecular complexity index is 855. The number of ether oxygens (including phenoxy) is 1. The summed E-state index contributed by atoms with van der Waals surface area (Å²) >= 11 is 1.30. The Hall–Kier alpha value is -2.99. The van der Waals surface area contributed by atoms with Gasteiger partial charge in [0.15, 0.2) is 5.13 Å². The van der Waals surface area contributed by atoms with E-state index < -0.39 is 0 Å². The lowest BCUT2D eigenvalue weighted by molar-refractivity contribution is -0.139. The molecule has 0 saturated carbocycles. The molecule has 1 N–H and O–H groups in total. The quantitative estimate of drug-likeness (QED) is 0.629. The fourth-order valence-corrected chi connectivity index (χ4v) is 3.55. The largest absolute Gasteiger partial charge is 0.469 e. The summed E-state index contributed by atoms with van der Waals surface area (Å²) in [5.74, 6) is -0.514. The first-order valence-electron chi connectivity index (χ1n) is 8.56. The van der Waals surface area contributed by atoms with Gasteiger partial charge in [-0.2, -0.15) is 0 Å². The summed E-state index contributed by atoms with van der Waals surface area (Å²) in [5.41, 5.74) is 2.76. The van der Waals surface area contributed by atoms with Crippen LogP contribution < -0.4 is 5.32 Å². The summed E-state index contributed by atoms with van der Waals surface area (Å²) in [6.07, 6.45) is 0.402. The van der Waals surface area contributed by atoms with Crippen LogP contribution in [0.3, 0.4) is 0 Å². The number of esters is 1. The molecule has 1 amide bonds. The van der Waals surface area contributed by atoms with Crippen LogP contribution in [0.1, 0.15) is 29.2 Å². The molecule has 0 aliphatic rings. The number of amides is 1. The number of benzene rings is 2. The number of hydrogen-bond acceptors (Lipinski definition) is 5. The van der Waals surface area contributed by atoms with Gasteiger partial charge in [-0.15, -0.1) is 11.3 Å². The maximum absolute atomic E-state index is 12.6. The van der Waals surface area contributed by atoms with Crippen LogP contribution in [0.5, 0.6) is 0 Å². The molecule has 1 heterocycles. The van der Waals surface area contributed by atoms with E-state index in [0.29, 0.717) is 17.2 Å². The van der Waals surface area contributed by atoms with Crippen molar-refractivity contribution in [2.45, 2.75) is 18.8 Å². The van der Waals surface area contributed by atoms with Crippen molar-refractivity contribution < 1.29 is 14.3 Å². The smallest absolute Gasteiger partial charge is 0.311 e. The van der Waals surface area contributed by atoms with E-state index in [9.17, 15) is 9.59 Å². The second kappa shape index (κ2) is 9.09. The van der Waals surface area contributed by atoms with Crippen molar-refractivity contribution in [3.8, 4) is 0 Å². The molecule has 0 aliphatic carbocycles. The standard InChI is InChI=1S/C21H20N2O3S/c1-26-20(25)12-17-14-27-21(22-17)23-19(24)13-18(15-8-4-2-5-9-15)16-10-6-3-7-11-16/h2-11,14,18H,12-13H2,1H3,(H,22,23,24). The van der Waals surface area contributed by atoms with Crippen LogP contribution in [0, 0.1) is 0 Å². The molecule has 0 radical (unpaired) electrons. The lowest BCUT2D eigenvalue weighted by Crippen LogP contribution is -2.16. The van der Waals surface area contributed by atoms with Gasteiger partial charge in [0.1, 0.15) is 0 Å². The lowest BCUT2D eigenvalue weighted by Gasteiger charge is -2.17. The van der Waals surface area contributed by atoms with Crippen LogP contribution in [0.4, 0.5) is 5.13 Å². The molecular weight excluding hydrogens is 360 g/mol. The first-order valence-corrected chi connectivity index (χ1v) is 9.44. The van der Waals surface area contributed by atoms with Gasteiger partial charge in [-0.1, -0.05) is 60.7 Å². The molecule has 3 aromatic rings. The van der Waals surface area contributed by atoms with E-state index in [1.165, 1.54) is 18.4 Å². The number of nitrogens with zero attached hydrogens (tertiary/aromatic N) is 1. The first kappa shape index (κ1) is 18.8. The van der Waals surface area contributed by atoms with Crippen LogP contribution in [0.2, 0.25) is 0 Å². The van der Waals surface area contributed by atoms with Crippen molar-refractivity contribution in [1.82, 2.24) is 4.98 Å². The number of hydrogen-bond donors (Lipinski definition) is 1. The number of carbonyl (C=O) groups excluding carboxylic acids is 2. The zero-order chi connectivity index (χ0) is 19.1. The summed E-state index contributed by atoms with van der Waals surface area (Å²) in [7, 11) is 1.34. The average molecular weight is 380 g/mol. The van der Waals surface area contributed by atoms with Crippen molar-refractivity contribution in [2.75, 3.05) is 12.4 Å². The SMILES string of the molecule is COC(=O)Cc1csc(NC(=O)CC(c2ccccc2)c2ccccc2)n1. The molecule has 0 unspecified atom stereocenters.